The minimum atomic E-state index is -1.16. The Balaban J connectivity index is 1.37. The van der Waals surface area contributed by atoms with E-state index in [9.17, 15) is 14.7 Å². The fraction of sp³-hybridized carbons (Fsp3) is 0.258. The summed E-state index contributed by atoms with van der Waals surface area (Å²) in [6.07, 6.45) is 0.344. The second-order valence-electron chi connectivity index (χ2n) is 9.50. The maximum atomic E-state index is 12.4. The first-order chi connectivity index (χ1) is 21.2. The van der Waals surface area contributed by atoms with E-state index >= 15 is 0 Å². The van der Waals surface area contributed by atoms with Gasteiger partial charge in [0.15, 0.2) is 23.5 Å². The lowest BCUT2D eigenvalue weighted by molar-refractivity contribution is -0.136. The van der Waals surface area contributed by atoms with E-state index in [2.05, 4.69) is 37.1 Å². The first kappa shape index (κ1) is 32.6. The molecule has 0 fully saturated rings. The number of methoxy groups -OCH3 is 1. The summed E-state index contributed by atoms with van der Waals surface area (Å²) in [5, 5.41) is 20.2. The Bertz CT molecular complexity index is 1530. The smallest absolute Gasteiger partial charge is 0.337 e. The van der Waals surface area contributed by atoms with Gasteiger partial charge in [-0.15, -0.1) is 0 Å². The van der Waals surface area contributed by atoms with E-state index in [1.165, 1.54) is 13.3 Å². The molecule has 44 heavy (non-hydrogen) atoms. The number of hydrogen-bond acceptors (Lipinski definition) is 9. The first-order valence-corrected chi connectivity index (χ1v) is 14.8. The van der Waals surface area contributed by atoms with Gasteiger partial charge in [-0.25, -0.2) is 9.59 Å². The number of hydrazone groups is 1. The van der Waals surface area contributed by atoms with Gasteiger partial charge in [0, 0.05) is 5.70 Å². The van der Waals surface area contributed by atoms with Crippen molar-refractivity contribution in [3.05, 3.63) is 98.1 Å². The molecule has 2 atom stereocenters. The van der Waals surface area contributed by atoms with Crippen molar-refractivity contribution in [2.75, 3.05) is 20.3 Å². The minimum Gasteiger partial charge on any atom is -0.490 e. The quantitative estimate of drug-likeness (QED) is 0.0833. The molecule has 232 valence electrons. The molecule has 1 aliphatic heterocycles. The largest absolute Gasteiger partial charge is 0.490 e. The number of carbonyl (C=O) groups excluding carboxylic acids is 2. The van der Waals surface area contributed by atoms with E-state index in [0.29, 0.717) is 56.8 Å². The van der Waals surface area contributed by atoms with Gasteiger partial charge >= 0.3 is 12.0 Å². The van der Waals surface area contributed by atoms with Crippen LogP contribution >= 0.6 is 27.5 Å². The zero-order valence-electron chi connectivity index (χ0n) is 24.2. The van der Waals surface area contributed by atoms with Crippen LogP contribution in [0.3, 0.4) is 0 Å². The molecular weight excluding hydrogens is 656 g/mol. The molecule has 1 heterocycles. The molecule has 1 aliphatic rings. The van der Waals surface area contributed by atoms with Gasteiger partial charge < -0.3 is 34.7 Å². The van der Waals surface area contributed by atoms with E-state index in [4.69, 9.17) is 30.5 Å². The van der Waals surface area contributed by atoms with Crippen molar-refractivity contribution in [1.29, 1.82) is 0 Å². The highest BCUT2D eigenvalue weighted by atomic mass is 79.9. The highest BCUT2D eigenvalue weighted by Gasteiger charge is 2.32. The first-order valence-electron chi connectivity index (χ1n) is 13.6. The molecule has 0 spiro atoms. The topological polar surface area (TPSA) is 140 Å². The van der Waals surface area contributed by atoms with Crippen LogP contribution in [0.5, 0.6) is 17.2 Å². The second kappa shape index (κ2) is 15.5. The highest BCUT2D eigenvalue weighted by molar-refractivity contribution is 9.10. The number of aliphatic hydroxyl groups excluding tert-OH is 1. The van der Waals surface area contributed by atoms with Gasteiger partial charge in [-0.1, -0.05) is 48.0 Å². The van der Waals surface area contributed by atoms with Crippen molar-refractivity contribution in [2.45, 2.75) is 32.7 Å². The van der Waals surface area contributed by atoms with E-state index < -0.39 is 24.3 Å². The van der Waals surface area contributed by atoms with Crippen LogP contribution in [-0.4, -0.2) is 49.9 Å². The summed E-state index contributed by atoms with van der Waals surface area (Å²) in [5.41, 5.74) is 5.53. The highest BCUT2D eigenvalue weighted by Crippen LogP contribution is 2.36. The average molecular weight is 688 g/mol. The molecule has 2 amide bonds. The Kier molecular flexibility index (Phi) is 11.5. The van der Waals surface area contributed by atoms with Crippen LogP contribution in [0.2, 0.25) is 5.02 Å². The van der Waals surface area contributed by atoms with Gasteiger partial charge in [-0.2, -0.15) is 5.10 Å². The molecule has 0 aliphatic carbocycles. The summed E-state index contributed by atoms with van der Waals surface area (Å²) in [5.74, 6) is 0.655. The number of benzene rings is 3. The van der Waals surface area contributed by atoms with E-state index in [-0.39, 0.29) is 12.2 Å². The summed E-state index contributed by atoms with van der Waals surface area (Å²) in [6, 6.07) is 17.0. The summed E-state index contributed by atoms with van der Waals surface area (Å²) < 4.78 is 23.0. The van der Waals surface area contributed by atoms with Gasteiger partial charge in [0.1, 0.15) is 13.2 Å². The van der Waals surface area contributed by atoms with Crippen molar-refractivity contribution in [3.63, 3.8) is 0 Å². The molecule has 3 aromatic rings. The number of ether oxygens (including phenoxy) is 4. The van der Waals surface area contributed by atoms with Crippen molar-refractivity contribution in [3.8, 4) is 17.2 Å². The normalized spacial score (nSPS) is 15.3. The molecule has 13 heteroatoms. The third kappa shape index (κ3) is 8.43. The van der Waals surface area contributed by atoms with Gasteiger partial charge in [-0.3, -0.25) is 5.43 Å². The second-order valence-corrected chi connectivity index (χ2v) is 10.8. The standard InChI is InChI=1S/C31H32BrClN4O7/c1-4-42-25-14-21(28-27(30(39)41-3)18(2)35-31(40)36-28)10-11-24(25)43-17-26(38)37-34-15-20-12-22(32)29(23(33)13-20)44-16-19-8-6-5-7-9-19/h5-15,26,28,37-38H,4,16-17H2,1-3H3,(H2,35,36,40)/b34-15-/t26-,28+/m0/s1. The Hall–Kier alpha value is -4.26. The van der Waals surface area contributed by atoms with Crippen LogP contribution in [0.1, 0.15) is 36.6 Å². The number of amides is 2. The van der Waals surface area contributed by atoms with Crippen molar-refractivity contribution in [1.82, 2.24) is 16.1 Å². The van der Waals surface area contributed by atoms with Crippen LogP contribution < -0.4 is 30.3 Å². The molecule has 4 rings (SSSR count). The molecule has 0 saturated carbocycles. The zero-order valence-corrected chi connectivity index (χ0v) is 26.6. The van der Waals surface area contributed by atoms with Crippen LogP contribution in [0.15, 0.2) is 81.5 Å². The summed E-state index contributed by atoms with van der Waals surface area (Å²) in [4.78, 5) is 24.6. The number of urea groups is 1. The van der Waals surface area contributed by atoms with E-state index in [0.717, 1.165) is 5.56 Å². The van der Waals surface area contributed by atoms with Gasteiger partial charge in [-0.05, 0) is 70.7 Å². The number of nitrogens with one attached hydrogen (secondary N) is 3. The monoisotopic (exact) mass is 686 g/mol. The average Bonchev–Trinajstić information content (AvgIpc) is 3.00. The molecule has 11 nitrogen and oxygen atoms in total. The lowest BCUT2D eigenvalue weighted by Gasteiger charge is -2.28. The summed E-state index contributed by atoms with van der Waals surface area (Å²) >= 11 is 9.93. The van der Waals surface area contributed by atoms with Gasteiger partial charge in [0.05, 0.1) is 41.0 Å². The van der Waals surface area contributed by atoms with Gasteiger partial charge in [0.2, 0.25) is 0 Å². The summed E-state index contributed by atoms with van der Waals surface area (Å²) in [7, 11) is 1.27. The number of rotatable bonds is 13. The number of allylic oxidation sites excluding steroid dienone is 1. The van der Waals surface area contributed by atoms with Crippen molar-refractivity contribution >= 4 is 45.7 Å². The molecule has 0 bridgehead atoms. The minimum absolute atomic E-state index is 0.163. The number of aliphatic hydroxyl groups is 1. The number of carbonyl (C=O) groups is 2. The molecule has 3 aromatic carbocycles. The van der Waals surface area contributed by atoms with Crippen LogP contribution in [-0.2, 0) is 16.1 Å². The molecule has 0 unspecified atom stereocenters. The molecule has 4 N–H and O–H groups in total. The SMILES string of the molecule is CCOc1cc([C@H]2NC(=O)NC(C)=C2C(=O)OC)ccc1OC[C@H](O)N/N=C\c1cc(Cl)c(OCc2ccccc2)c(Br)c1. The Morgan fingerprint density at radius 3 is 2.61 bits per heavy atom. The van der Waals surface area contributed by atoms with Crippen molar-refractivity contribution < 1.29 is 33.6 Å². The maximum absolute atomic E-state index is 12.4. The van der Waals surface area contributed by atoms with E-state index in [1.54, 1.807) is 37.3 Å². The summed E-state index contributed by atoms with van der Waals surface area (Å²) in [6.45, 7) is 3.97. The fourth-order valence-electron chi connectivity index (χ4n) is 4.34. The van der Waals surface area contributed by atoms with E-state index in [1.807, 2.05) is 37.3 Å². The number of hydrogen-bond donors (Lipinski definition) is 4. The van der Waals surface area contributed by atoms with Gasteiger partial charge in [0.25, 0.3) is 0 Å². The number of halogens is 2. The van der Waals surface area contributed by atoms with Crippen LogP contribution in [0.4, 0.5) is 4.79 Å². The third-order valence-electron chi connectivity index (χ3n) is 6.36. The maximum Gasteiger partial charge on any atom is 0.337 e. The Morgan fingerprint density at radius 1 is 1.14 bits per heavy atom. The lowest BCUT2D eigenvalue weighted by atomic mass is 9.95. The zero-order chi connectivity index (χ0) is 31.6. The Labute approximate surface area is 268 Å². The Morgan fingerprint density at radius 2 is 1.91 bits per heavy atom. The predicted octanol–water partition coefficient (Wildman–Crippen LogP) is 5.20. The predicted molar refractivity (Wildman–Crippen MR) is 169 cm³/mol. The van der Waals surface area contributed by atoms with Crippen LogP contribution in [0.25, 0.3) is 0 Å². The van der Waals surface area contributed by atoms with Crippen LogP contribution in [0, 0.1) is 0 Å². The molecule has 0 saturated heterocycles. The molecular formula is C31H32BrClN4O7. The molecule has 0 radical (unpaired) electrons. The number of nitrogens with zero attached hydrogens (tertiary/aromatic N) is 1. The molecule has 0 aromatic heterocycles. The fourth-order valence-corrected chi connectivity index (χ4v) is 5.33. The number of esters is 1. The third-order valence-corrected chi connectivity index (χ3v) is 7.23. The van der Waals surface area contributed by atoms with Crippen molar-refractivity contribution in [2.24, 2.45) is 5.10 Å². The lowest BCUT2D eigenvalue weighted by Crippen LogP contribution is -2.45.